The van der Waals surface area contributed by atoms with Crippen molar-refractivity contribution in [2.45, 2.75) is 65.0 Å². The number of piperazine rings is 1. The molecule has 248 valence electrons. The van der Waals surface area contributed by atoms with Gasteiger partial charge in [-0.15, -0.1) is 0 Å². The van der Waals surface area contributed by atoms with E-state index in [2.05, 4.69) is 20.5 Å². The molecule has 1 aliphatic heterocycles. The van der Waals surface area contributed by atoms with Crippen LogP contribution in [-0.2, 0) is 9.53 Å². The summed E-state index contributed by atoms with van der Waals surface area (Å²) in [4.78, 5) is 58.6. The number of para-hydroxylation sites is 1. The smallest absolute Gasteiger partial charge is 0.410 e. The van der Waals surface area contributed by atoms with Crippen LogP contribution >= 0.6 is 0 Å². The Morgan fingerprint density at radius 3 is 2.39 bits per heavy atom. The molecule has 2 aromatic carbocycles. The lowest BCUT2D eigenvalue weighted by molar-refractivity contribution is -0.121. The molecule has 0 radical (unpaired) electrons. The molecule has 0 atom stereocenters. The Morgan fingerprint density at radius 1 is 1.00 bits per heavy atom. The van der Waals surface area contributed by atoms with Gasteiger partial charge in [-0.25, -0.2) is 9.59 Å². The van der Waals surface area contributed by atoms with E-state index in [-0.39, 0.29) is 35.6 Å². The Balaban J connectivity index is 1.14. The van der Waals surface area contributed by atoms with Crippen LogP contribution in [0.25, 0.3) is 11.0 Å². The molecular weight excluding hydrogens is 588 g/mol. The number of aryl methyl sites for hydroxylation is 1. The summed E-state index contributed by atoms with van der Waals surface area (Å²) in [5, 5.41) is 6.00. The molecule has 12 nitrogen and oxygen atoms in total. The van der Waals surface area contributed by atoms with Crippen molar-refractivity contribution in [2.75, 3.05) is 51.7 Å². The number of imidazole rings is 1. The normalized spacial score (nSPS) is 19.1. The highest BCUT2D eigenvalue weighted by Crippen LogP contribution is 2.34. The molecular formula is C34H46N6O6. The van der Waals surface area contributed by atoms with Crippen LogP contribution in [0, 0.1) is 12.8 Å². The van der Waals surface area contributed by atoms with Gasteiger partial charge in [0.25, 0.3) is 5.91 Å². The van der Waals surface area contributed by atoms with Crippen LogP contribution in [0.4, 0.5) is 10.5 Å². The lowest BCUT2D eigenvalue weighted by Crippen LogP contribution is -2.51. The van der Waals surface area contributed by atoms with E-state index in [4.69, 9.17) is 9.47 Å². The second-order valence-corrected chi connectivity index (χ2v) is 13.2. The number of benzene rings is 2. The van der Waals surface area contributed by atoms with Crippen molar-refractivity contribution in [3.63, 3.8) is 0 Å². The van der Waals surface area contributed by atoms with Gasteiger partial charge in [-0.05, 0) is 77.1 Å². The average molecular weight is 635 g/mol. The molecule has 46 heavy (non-hydrogen) atoms. The van der Waals surface area contributed by atoms with E-state index in [1.165, 1.54) is 0 Å². The molecule has 3 aromatic rings. The quantitative estimate of drug-likeness (QED) is 0.336. The van der Waals surface area contributed by atoms with E-state index in [0.29, 0.717) is 87.2 Å². The van der Waals surface area contributed by atoms with E-state index in [9.17, 15) is 19.2 Å². The third kappa shape index (κ3) is 7.72. The van der Waals surface area contributed by atoms with Gasteiger partial charge in [0.15, 0.2) is 0 Å². The maximum atomic E-state index is 13.2. The third-order valence-corrected chi connectivity index (χ3v) is 8.84. The van der Waals surface area contributed by atoms with Crippen molar-refractivity contribution in [2.24, 2.45) is 5.92 Å². The number of fused-ring (bicyclic) bond motifs is 1. The zero-order chi connectivity index (χ0) is 33.0. The number of amides is 3. The molecule has 0 spiro atoms. The third-order valence-electron chi connectivity index (χ3n) is 8.84. The average Bonchev–Trinajstić information content (AvgIpc) is 3.37. The number of nitrogens with one attached hydrogen (secondary N) is 3. The minimum absolute atomic E-state index is 0.0282. The fourth-order valence-corrected chi connectivity index (χ4v) is 6.34. The Hall–Kier alpha value is -4.32. The molecule has 2 heterocycles. The number of hydrogen-bond donors (Lipinski definition) is 3. The van der Waals surface area contributed by atoms with Crippen LogP contribution < -0.4 is 21.1 Å². The Bertz CT molecular complexity index is 1620. The maximum Gasteiger partial charge on any atom is 0.410 e. The highest BCUT2D eigenvalue weighted by Gasteiger charge is 2.30. The predicted molar refractivity (Wildman–Crippen MR) is 176 cm³/mol. The fraction of sp³-hybridized carbons (Fsp3) is 0.529. The lowest BCUT2D eigenvalue weighted by Gasteiger charge is -2.35. The first-order valence-corrected chi connectivity index (χ1v) is 16.1. The molecule has 12 heteroatoms. The van der Waals surface area contributed by atoms with Gasteiger partial charge in [0.2, 0.25) is 5.91 Å². The number of carbonyl (C=O) groups excluding carboxylic acids is 3. The number of H-pyrrole nitrogens is 1. The van der Waals surface area contributed by atoms with Gasteiger partial charge in [0.1, 0.15) is 11.4 Å². The van der Waals surface area contributed by atoms with Crippen LogP contribution in [0.15, 0.2) is 41.2 Å². The number of anilines is 1. The van der Waals surface area contributed by atoms with Crippen LogP contribution in [0.5, 0.6) is 5.75 Å². The van der Waals surface area contributed by atoms with Gasteiger partial charge in [0.05, 0.1) is 23.7 Å². The standard InChI is InChI=1S/C34H46N6O6/c1-22-9-12-24(21-28(22)45-5)36-30(41)23-10-13-25(14-11-23)40-27-8-6-7-26(29(27)37-32(40)43)31(42)35-15-16-38-17-19-39(20-18-38)33(44)46-34(2,3)4/h6-9,12,21,23,25H,10-11,13-20H2,1-5H3,(H,35,42)(H,36,41)(H,37,43)/t23-,25+. The van der Waals surface area contributed by atoms with E-state index >= 15 is 0 Å². The van der Waals surface area contributed by atoms with E-state index < -0.39 is 5.60 Å². The molecule has 3 N–H and O–H groups in total. The summed E-state index contributed by atoms with van der Waals surface area (Å²) in [5.41, 5.74) is 2.55. The summed E-state index contributed by atoms with van der Waals surface area (Å²) in [6.07, 6.45) is 2.38. The molecule has 2 aliphatic rings. The summed E-state index contributed by atoms with van der Waals surface area (Å²) in [6, 6.07) is 10.9. The zero-order valence-electron chi connectivity index (χ0n) is 27.5. The van der Waals surface area contributed by atoms with Crippen LogP contribution in [0.3, 0.4) is 0 Å². The number of carbonyl (C=O) groups is 3. The highest BCUT2D eigenvalue weighted by atomic mass is 16.6. The minimum atomic E-state index is -0.526. The number of ether oxygens (including phenoxy) is 2. The van der Waals surface area contributed by atoms with Gasteiger partial charge in [0, 0.05) is 63.0 Å². The molecule has 1 saturated heterocycles. The molecule has 0 unspecified atom stereocenters. The monoisotopic (exact) mass is 634 g/mol. The van der Waals surface area contributed by atoms with Crippen molar-refractivity contribution in [3.05, 3.63) is 58.0 Å². The van der Waals surface area contributed by atoms with Crippen LogP contribution in [0.2, 0.25) is 0 Å². The van der Waals surface area contributed by atoms with Gasteiger partial charge >= 0.3 is 11.8 Å². The fourth-order valence-electron chi connectivity index (χ4n) is 6.34. The van der Waals surface area contributed by atoms with Crippen molar-refractivity contribution < 1.29 is 23.9 Å². The maximum absolute atomic E-state index is 13.2. The molecule has 3 amide bonds. The molecule has 1 aliphatic carbocycles. The van der Waals surface area contributed by atoms with Crippen LogP contribution in [0.1, 0.15) is 68.4 Å². The first-order valence-electron chi connectivity index (χ1n) is 16.1. The van der Waals surface area contributed by atoms with Crippen LogP contribution in [-0.4, -0.2) is 89.2 Å². The van der Waals surface area contributed by atoms with Crippen molar-refractivity contribution >= 4 is 34.6 Å². The highest BCUT2D eigenvalue weighted by molar-refractivity contribution is 6.05. The number of rotatable bonds is 8. The molecule has 0 bridgehead atoms. The Labute approximate surface area is 269 Å². The number of aromatic amines is 1. The Morgan fingerprint density at radius 2 is 1.72 bits per heavy atom. The second-order valence-electron chi connectivity index (χ2n) is 13.2. The summed E-state index contributed by atoms with van der Waals surface area (Å²) in [5.74, 6) is 0.300. The number of nitrogens with zero attached hydrogens (tertiary/aromatic N) is 3. The number of methoxy groups -OCH3 is 1. The van der Waals surface area contributed by atoms with Gasteiger partial charge in [-0.2, -0.15) is 0 Å². The van der Waals surface area contributed by atoms with Gasteiger partial charge in [-0.1, -0.05) is 12.1 Å². The largest absolute Gasteiger partial charge is 0.496 e. The Kier molecular flexibility index (Phi) is 10.0. The summed E-state index contributed by atoms with van der Waals surface area (Å²) >= 11 is 0. The van der Waals surface area contributed by atoms with Crippen molar-refractivity contribution in [1.29, 1.82) is 0 Å². The lowest BCUT2D eigenvalue weighted by atomic mass is 9.85. The molecule has 2 fully saturated rings. The number of hydrogen-bond acceptors (Lipinski definition) is 7. The first-order chi connectivity index (χ1) is 21.9. The van der Waals surface area contributed by atoms with E-state index in [0.717, 1.165) is 11.3 Å². The van der Waals surface area contributed by atoms with E-state index in [1.807, 2.05) is 52.0 Å². The molecule has 1 saturated carbocycles. The predicted octanol–water partition coefficient (Wildman–Crippen LogP) is 4.30. The molecule has 1 aromatic heterocycles. The van der Waals surface area contributed by atoms with Gasteiger partial charge < -0.3 is 30.0 Å². The van der Waals surface area contributed by atoms with Gasteiger partial charge in [-0.3, -0.25) is 19.1 Å². The van der Waals surface area contributed by atoms with E-state index in [1.54, 1.807) is 28.7 Å². The van der Waals surface area contributed by atoms with Crippen molar-refractivity contribution in [3.8, 4) is 5.75 Å². The summed E-state index contributed by atoms with van der Waals surface area (Å²) < 4.78 is 12.6. The van der Waals surface area contributed by atoms with Crippen molar-refractivity contribution in [1.82, 2.24) is 24.7 Å². The SMILES string of the molecule is COc1cc(NC(=O)[C@H]2CC[C@@H](n3c(=O)[nH]c4c(C(=O)NCCN5CCN(C(=O)OC(C)(C)C)CC5)cccc43)CC2)ccc1C. The summed E-state index contributed by atoms with van der Waals surface area (Å²) in [7, 11) is 1.61. The minimum Gasteiger partial charge on any atom is -0.496 e. The number of aromatic nitrogens is 2. The summed E-state index contributed by atoms with van der Waals surface area (Å²) in [6.45, 7) is 11.2. The zero-order valence-corrected chi connectivity index (χ0v) is 27.5. The molecule has 5 rings (SSSR count). The second kappa shape index (κ2) is 14.0. The first kappa shape index (κ1) is 33.1. The topological polar surface area (TPSA) is 138 Å².